The van der Waals surface area contributed by atoms with Crippen molar-refractivity contribution < 1.29 is 4.74 Å². The number of halogens is 2. The highest BCUT2D eigenvalue weighted by molar-refractivity contribution is 9.10. The fourth-order valence-corrected chi connectivity index (χ4v) is 2.53. The second kappa shape index (κ2) is 3.60. The van der Waals surface area contributed by atoms with E-state index in [9.17, 15) is 0 Å². The standard InChI is InChI=1S/C10H10BrClO/c1-6-2-7(12)3-10(11)9(6)4-8-5-13-8/h2-3,8H,4-5H2,1H3. The van der Waals surface area contributed by atoms with Crippen LogP contribution < -0.4 is 0 Å². The van der Waals surface area contributed by atoms with Crippen LogP contribution in [0.5, 0.6) is 0 Å². The second-order valence-corrected chi connectivity index (χ2v) is 4.63. The Labute approximate surface area is 91.2 Å². The van der Waals surface area contributed by atoms with Crippen LogP contribution in [0.15, 0.2) is 16.6 Å². The molecule has 0 aliphatic carbocycles. The van der Waals surface area contributed by atoms with Crippen LogP contribution in [-0.2, 0) is 11.2 Å². The van der Waals surface area contributed by atoms with E-state index in [0.717, 1.165) is 22.5 Å². The van der Waals surface area contributed by atoms with Gasteiger partial charge in [-0.2, -0.15) is 0 Å². The lowest BCUT2D eigenvalue weighted by molar-refractivity contribution is 0.407. The van der Waals surface area contributed by atoms with Crippen molar-refractivity contribution in [2.24, 2.45) is 0 Å². The fraction of sp³-hybridized carbons (Fsp3) is 0.400. The van der Waals surface area contributed by atoms with E-state index < -0.39 is 0 Å². The Hall–Kier alpha value is -0.0500. The maximum atomic E-state index is 5.91. The van der Waals surface area contributed by atoms with Gasteiger partial charge in [-0.15, -0.1) is 0 Å². The molecule has 0 N–H and O–H groups in total. The molecule has 0 amide bonds. The molecule has 13 heavy (non-hydrogen) atoms. The molecular formula is C10H10BrClO. The molecule has 1 saturated heterocycles. The van der Waals surface area contributed by atoms with Gasteiger partial charge in [0.05, 0.1) is 12.7 Å². The Morgan fingerprint density at radius 1 is 1.62 bits per heavy atom. The number of aryl methyl sites for hydroxylation is 1. The van der Waals surface area contributed by atoms with Gasteiger partial charge in [0.1, 0.15) is 0 Å². The van der Waals surface area contributed by atoms with Crippen LogP contribution in [0.25, 0.3) is 0 Å². The zero-order chi connectivity index (χ0) is 9.42. The summed E-state index contributed by atoms with van der Waals surface area (Å²) in [7, 11) is 0. The molecule has 70 valence electrons. The second-order valence-electron chi connectivity index (χ2n) is 3.34. The molecule has 1 aliphatic heterocycles. The molecule has 1 aliphatic rings. The van der Waals surface area contributed by atoms with Gasteiger partial charge in [-0.3, -0.25) is 0 Å². The van der Waals surface area contributed by atoms with Gasteiger partial charge in [0.25, 0.3) is 0 Å². The van der Waals surface area contributed by atoms with Crippen LogP contribution in [0.3, 0.4) is 0 Å². The van der Waals surface area contributed by atoms with E-state index in [1.54, 1.807) is 0 Å². The predicted molar refractivity (Wildman–Crippen MR) is 57.3 cm³/mol. The summed E-state index contributed by atoms with van der Waals surface area (Å²) in [6.45, 7) is 2.98. The first kappa shape index (κ1) is 9.50. The molecule has 3 heteroatoms. The first-order chi connectivity index (χ1) is 6.16. The van der Waals surface area contributed by atoms with Crippen LogP contribution in [0, 0.1) is 6.92 Å². The lowest BCUT2D eigenvalue weighted by Gasteiger charge is -2.07. The Kier molecular flexibility index (Phi) is 2.63. The maximum Gasteiger partial charge on any atom is 0.0850 e. The van der Waals surface area contributed by atoms with Gasteiger partial charge >= 0.3 is 0 Å². The van der Waals surface area contributed by atoms with E-state index in [4.69, 9.17) is 16.3 Å². The quantitative estimate of drug-likeness (QED) is 0.744. The SMILES string of the molecule is Cc1cc(Cl)cc(Br)c1CC1CO1. The molecule has 1 fully saturated rings. The van der Waals surface area contributed by atoms with Crippen molar-refractivity contribution in [2.75, 3.05) is 6.61 Å². The Morgan fingerprint density at radius 3 is 2.85 bits per heavy atom. The monoisotopic (exact) mass is 260 g/mol. The molecule has 0 radical (unpaired) electrons. The third kappa shape index (κ3) is 2.25. The zero-order valence-corrected chi connectivity index (χ0v) is 9.65. The molecule has 1 nitrogen and oxygen atoms in total. The normalized spacial score (nSPS) is 20.4. The molecule has 2 rings (SSSR count). The molecule has 0 bridgehead atoms. The number of ether oxygens (including phenoxy) is 1. The highest BCUT2D eigenvalue weighted by Gasteiger charge is 2.24. The van der Waals surface area contributed by atoms with E-state index >= 15 is 0 Å². The Bertz CT molecular complexity index is 311. The first-order valence-electron chi connectivity index (χ1n) is 4.23. The first-order valence-corrected chi connectivity index (χ1v) is 5.40. The summed E-state index contributed by atoms with van der Waals surface area (Å²) in [6.07, 6.45) is 1.42. The highest BCUT2D eigenvalue weighted by atomic mass is 79.9. The van der Waals surface area contributed by atoms with Crippen LogP contribution >= 0.6 is 27.5 Å². The third-order valence-electron chi connectivity index (χ3n) is 2.22. The van der Waals surface area contributed by atoms with Crippen LogP contribution in [0.1, 0.15) is 11.1 Å². The average molecular weight is 262 g/mol. The summed E-state index contributed by atoms with van der Waals surface area (Å²) in [5.74, 6) is 0. The zero-order valence-electron chi connectivity index (χ0n) is 7.31. The molecule has 1 atom stereocenters. The Morgan fingerprint density at radius 2 is 2.31 bits per heavy atom. The van der Waals surface area contributed by atoms with Crippen molar-refractivity contribution >= 4 is 27.5 Å². The van der Waals surface area contributed by atoms with Crippen molar-refractivity contribution in [3.05, 3.63) is 32.8 Å². The van der Waals surface area contributed by atoms with Gasteiger partial charge < -0.3 is 4.74 Å². The van der Waals surface area contributed by atoms with Crippen LogP contribution in [0.2, 0.25) is 5.02 Å². The van der Waals surface area contributed by atoms with Crippen molar-refractivity contribution in [3.63, 3.8) is 0 Å². The molecule has 1 aromatic rings. The number of hydrogen-bond acceptors (Lipinski definition) is 1. The van der Waals surface area contributed by atoms with Crippen molar-refractivity contribution in [3.8, 4) is 0 Å². The fourth-order valence-electron chi connectivity index (χ4n) is 1.40. The van der Waals surface area contributed by atoms with Gasteiger partial charge in [-0.05, 0) is 30.2 Å². The Balaban J connectivity index is 2.31. The van der Waals surface area contributed by atoms with Crippen LogP contribution in [-0.4, -0.2) is 12.7 Å². The van der Waals surface area contributed by atoms with Crippen LogP contribution in [0.4, 0.5) is 0 Å². The third-order valence-corrected chi connectivity index (χ3v) is 3.14. The van der Waals surface area contributed by atoms with E-state index in [0.29, 0.717) is 6.10 Å². The van der Waals surface area contributed by atoms with Crippen molar-refractivity contribution in [1.82, 2.24) is 0 Å². The minimum absolute atomic E-state index is 0.427. The minimum atomic E-state index is 0.427. The molecular weight excluding hydrogens is 251 g/mol. The van der Waals surface area contributed by atoms with Gasteiger partial charge in [0.15, 0.2) is 0 Å². The van der Waals surface area contributed by atoms with Crippen molar-refractivity contribution in [2.45, 2.75) is 19.4 Å². The maximum absolute atomic E-state index is 5.91. The van der Waals surface area contributed by atoms with Gasteiger partial charge in [0.2, 0.25) is 0 Å². The number of epoxide rings is 1. The molecule has 1 unspecified atom stereocenters. The number of rotatable bonds is 2. The van der Waals surface area contributed by atoms with E-state index in [-0.39, 0.29) is 0 Å². The molecule has 1 aromatic carbocycles. The van der Waals surface area contributed by atoms with E-state index in [1.807, 2.05) is 12.1 Å². The predicted octanol–water partition coefficient (Wildman–Crippen LogP) is 3.35. The molecule has 0 spiro atoms. The lowest BCUT2D eigenvalue weighted by atomic mass is 10.0. The van der Waals surface area contributed by atoms with Gasteiger partial charge in [-0.1, -0.05) is 27.5 Å². The summed E-state index contributed by atoms with van der Waals surface area (Å²) in [5, 5.41) is 0.782. The summed E-state index contributed by atoms with van der Waals surface area (Å²) in [6, 6.07) is 3.93. The molecule has 0 aromatic heterocycles. The summed E-state index contributed by atoms with van der Waals surface area (Å²) in [5.41, 5.74) is 2.54. The van der Waals surface area contributed by atoms with Crippen molar-refractivity contribution in [1.29, 1.82) is 0 Å². The summed E-state index contributed by atoms with van der Waals surface area (Å²) in [4.78, 5) is 0. The summed E-state index contributed by atoms with van der Waals surface area (Å²) >= 11 is 9.43. The minimum Gasteiger partial charge on any atom is -0.373 e. The molecule has 0 saturated carbocycles. The van der Waals surface area contributed by atoms with E-state index in [2.05, 4.69) is 22.9 Å². The van der Waals surface area contributed by atoms with Gasteiger partial charge in [-0.25, -0.2) is 0 Å². The lowest BCUT2D eigenvalue weighted by Crippen LogP contribution is -1.97. The average Bonchev–Trinajstić information content (AvgIpc) is 2.79. The summed E-state index contributed by atoms with van der Waals surface area (Å²) < 4.78 is 6.29. The smallest absolute Gasteiger partial charge is 0.0850 e. The number of benzene rings is 1. The largest absolute Gasteiger partial charge is 0.373 e. The topological polar surface area (TPSA) is 12.5 Å². The highest BCUT2D eigenvalue weighted by Crippen LogP contribution is 2.28. The van der Waals surface area contributed by atoms with E-state index in [1.165, 1.54) is 11.1 Å². The van der Waals surface area contributed by atoms with Gasteiger partial charge in [0, 0.05) is 15.9 Å². The molecule has 1 heterocycles. The number of hydrogen-bond donors (Lipinski definition) is 0.